The molecule has 1 unspecified atom stereocenters. The van der Waals surface area contributed by atoms with E-state index < -0.39 is 12.0 Å². The summed E-state index contributed by atoms with van der Waals surface area (Å²) >= 11 is 1.37. The van der Waals surface area contributed by atoms with Gasteiger partial charge in [0.25, 0.3) is 0 Å². The zero-order valence-electron chi connectivity index (χ0n) is 12.8. The van der Waals surface area contributed by atoms with Gasteiger partial charge in [-0.1, -0.05) is 18.2 Å². The van der Waals surface area contributed by atoms with Crippen LogP contribution in [0.25, 0.3) is 10.9 Å². The number of carbonyl (C=O) groups is 2. The van der Waals surface area contributed by atoms with Crippen LogP contribution in [0.1, 0.15) is 12.6 Å². The summed E-state index contributed by atoms with van der Waals surface area (Å²) in [5.74, 6) is -1.47. The molecule has 0 spiro atoms. The largest absolute Gasteiger partial charge is 0.548 e. The number of nitrogens with zero attached hydrogens (tertiary/aromatic N) is 1. The zero-order chi connectivity index (χ0) is 15.4. The topological polar surface area (TPSA) is 82.1 Å². The summed E-state index contributed by atoms with van der Waals surface area (Å²) in [4.78, 5) is 27.4. The summed E-state index contributed by atoms with van der Waals surface area (Å²) in [5, 5.41) is 14.4. The van der Waals surface area contributed by atoms with Gasteiger partial charge in [0, 0.05) is 47.5 Å². The van der Waals surface area contributed by atoms with Crippen LogP contribution in [0, 0.1) is 6.92 Å². The van der Waals surface area contributed by atoms with E-state index in [4.69, 9.17) is 0 Å². The molecule has 1 heterocycles. The fraction of sp³-hybridized carbons (Fsp3) is 0.267. The van der Waals surface area contributed by atoms with Crippen molar-refractivity contribution >= 4 is 53.4 Å². The predicted octanol–water partition coefficient (Wildman–Crippen LogP) is 0.509. The van der Waals surface area contributed by atoms with Crippen LogP contribution in [-0.4, -0.2) is 47.5 Å². The third kappa shape index (κ3) is 4.77. The molecule has 2 aromatic rings. The maximum absolute atomic E-state index is 11.0. The number of aromatic nitrogens is 1. The van der Waals surface area contributed by atoms with Gasteiger partial charge in [-0.2, -0.15) is 0 Å². The van der Waals surface area contributed by atoms with Crippen molar-refractivity contribution in [2.45, 2.75) is 24.8 Å². The molecule has 1 N–H and O–H groups in total. The Bertz CT molecular complexity index is 694. The fourth-order valence-electron chi connectivity index (χ4n) is 1.98. The van der Waals surface area contributed by atoms with Gasteiger partial charge in [0.1, 0.15) is 0 Å². The van der Waals surface area contributed by atoms with Crippen molar-refractivity contribution in [1.29, 1.82) is 0 Å². The SMILES string of the molecule is CC(=O)NC(CSc1cc(C)nc2ccccc12)C(=O)[O-].[Li]. The number of hydrogen-bond donors (Lipinski definition) is 1. The van der Waals surface area contributed by atoms with Crippen molar-refractivity contribution < 1.29 is 14.7 Å². The van der Waals surface area contributed by atoms with Gasteiger partial charge >= 0.3 is 0 Å². The van der Waals surface area contributed by atoms with Crippen molar-refractivity contribution in [2.24, 2.45) is 0 Å². The van der Waals surface area contributed by atoms with E-state index in [1.807, 2.05) is 37.3 Å². The molecule has 0 fully saturated rings. The molecular weight excluding hydrogens is 295 g/mol. The smallest absolute Gasteiger partial charge is 0.217 e. The van der Waals surface area contributed by atoms with Crippen molar-refractivity contribution in [3.8, 4) is 0 Å². The Labute approximate surface area is 145 Å². The molecule has 0 aliphatic carbocycles. The van der Waals surface area contributed by atoms with Crippen molar-refractivity contribution in [3.63, 3.8) is 0 Å². The molecule has 0 saturated carbocycles. The van der Waals surface area contributed by atoms with Crippen LogP contribution in [0.4, 0.5) is 0 Å². The first-order valence-electron chi connectivity index (χ1n) is 6.44. The Balaban J connectivity index is 0.00000242. The molecule has 5 nitrogen and oxygen atoms in total. The van der Waals surface area contributed by atoms with Crippen LogP contribution >= 0.6 is 11.8 Å². The first-order valence-corrected chi connectivity index (χ1v) is 7.43. The second-order valence-electron chi connectivity index (χ2n) is 4.66. The Morgan fingerprint density at radius 2 is 2.05 bits per heavy atom. The van der Waals surface area contributed by atoms with Gasteiger partial charge < -0.3 is 15.2 Å². The van der Waals surface area contributed by atoms with Crippen LogP contribution in [-0.2, 0) is 9.59 Å². The normalized spacial score (nSPS) is 11.5. The molecule has 1 atom stereocenters. The third-order valence-electron chi connectivity index (χ3n) is 2.87. The Morgan fingerprint density at radius 1 is 1.36 bits per heavy atom. The van der Waals surface area contributed by atoms with E-state index >= 15 is 0 Å². The molecule has 0 aliphatic rings. The maximum atomic E-state index is 11.0. The van der Waals surface area contributed by atoms with E-state index in [9.17, 15) is 14.7 Å². The molecule has 111 valence electrons. The quantitative estimate of drug-likeness (QED) is 0.643. The number of benzene rings is 1. The number of aryl methyl sites for hydroxylation is 1. The predicted molar refractivity (Wildman–Crippen MR) is 85.6 cm³/mol. The summed E-state index contributed by atoms with van der Waals surface area (Å²) in [6.07, 6.45) is 0. The van der Waals surface area contributed by atoms with E-state index in [0.29, 0.717) is 0 Å². The molecule has 0 aliphatic heterocycles. The average molecular weight is 310 g/mol. The average Bonchev–Trinajstić information content (AvgIpc) is 2.42. The number of carboxylic acid groups (broad SMARTS) is 1. The Kier molecular flexibility index (Phi) is 6.94. The molecule has 1 aromatic heterocycles. The Hall–Kier alpha value is -1.48. The van der Waals surface area contributed by atoms with E-state index in [1.165, 1.54) is 18.7 Å². The Morgan fingerprint density at radius 3 is 2.68 bits per heavy atom. The zero-order valence-corrected chi connectivity index (χ0v) is 13.6. The summed E-state index contributed by atoms with van der Waals surface area (Å²) in [6, 6.07) is 8.57. The fourth-order valence-corrected chi connectivity index (χ4v) is 3.12. The maximum Gasteiger partial charge on any atom is 0.217 e. The third-order valence-corrected chi connectivity index (χ3v) is 4.02. The van der Waals surface area contributed by atoms with E-state index in [1.54, 1.807) is 0 Å². The second kappa shape index (κ2) is 8.23. The number of aliphatic carboxylic acids is 1. The minimum absolute atomic E-state index is 0. The molecule has 0 bridgehead atoms. The number of rotatable bonds is 5. The van der Waals surface area contributed by atoms with Crippen molar-refractivity contribution in [1.82, 2.24) is 10.3 Å². The standard InChI is InChI=1S/C15H16N2O3S.Li/c1-9-7-14(11-5-3-4-6-12(11)16-9)21-8-13(15(19)20)17-10(2)18;/h3-7,13H,8H2,1-2H3,(H,17,18)(H,19,20);/p-1. The number of amides is 1. The number of carboxylic acids is 1. The van der Waals surface area contributed by atoms with Crippen LogP contribution in [0.3, 0.4) is 0 Å². The molecule has 2 rings (SSSR count). The van der Waals surface area contributed by atoms with E-state index in [2.05, 4.69) is 10.3 Å². The molecule has 7 heteroatoms. The van der Waals surface area contributed by atoms with E-state index in [0.717, 1.165) is 21.5 Å². The minimum Gasteiger partial charge on any atom is -0.548 e. The van der Waals surface area contributed by atoms with Crippen LogP contribution in [0.2, 0.25) is 0 Å². The van der Waals surface area contributed by atoms with Gasteiger partial charge in [-0.3, -0.25) is 9.78 Å². The van der Waals surface area contributed by atoms with Gasteiger partial charge in [0.15, 0.2) is 0 Å². The molecule has 22 heavy (non-hydrogen) atoms. The molecular formula is C15H15LiN2O3S-. The number of pyridine rings is 1. The number of para-hydroxylation sites is 1. The summed E-state index contributed by atoms with van der Waals surface area (Å²) in [7, 11) is 0. The van der Waals surface area contributed by atoms with Gasteiger partial charge in [-0.05, 0) is 19.1 Å². The van der Waals surface area contributed by atoms with Crippen molar-refractivity contribution in [3.05, 3.63) is 36.0 Å². The van der Waals surface area contributed by atoms with Gasteiger partial charge in [-0.25, -0.2) is 0 Å². The summed E-state index contributed by atoms with van der Waals surface area (Å²) < 4.78 is 0. The minimum atomic E-state index is -1.28. The summed E-state index contributed by atoms with van der Waals surface area (Å²) in [6.45, 7) is 3.17. The van der Waals surface area contributed by atoms with Crippen LogP contribution in [0.15, 0.2) is 35.2 Å². The molecule has 1 amide bonds. The molecule has 1 radical (unpaired) electrons. The number of hydrogen-bond acceptors (Lipinski definition) is 5. The van der Waals surface area contributed by atoms with Crippen LogP contribution < -0.4 is 10.4 Å². The summed E-state index contributed by atoms with van der Waals surface area (Å²) in [5.41, 5.74) is 1.73. The van der Waals surface area contributed by atoms with Gasteiger partial charge in [0.05, 0.1) is 17.5 Å². The van der Waals surface area contributed by atoms with Crippen LogP contribution in [0.5, 0.6) is 0 Å². The number of carbonyl (C=O) groups excluding carboxylic acids is 2. The van der Waals surface area contributed by atoms with E-state index in [-0.39, 0.29) is 30.5 Å². The number of nitrogens with one attached hydrogen (secondary N) is 1. The number of thioether (sulfide) groups is 1. The van der Waals surface area contributed by atoms with Gasteiger partial charge in [-0.15, -0.1) is 11.8 Å². The molecule has 0 saturated heterocycles. The number of fused-ring (bicyclic) bond motifs is 1. The first kappa shape index (κ1) is 18.6. The first-order chi connectivity index (χ1) is 9.97. The molecule has 1 aromatic carbocycles. The van der Waals surface area contributed by atoms with Gasteiger partial charge in [0.2, 0.25) is 5.91 Å². The second-order valence-corrected chi connectivity index (χ2v) is 5.72. The monoisotopic (exact) mass is 310 g/mol. The van der Waals surface area contributed by atoms with Crippen molar-refractivity contribution in [2.75, 3.05) is 5.75 Å².